The van der Waals surface area contributed by atoms with E-state index >= 15 is 0 Å². The molecule has 0 aliphatic heterocycles. The second kappa shape index (κ2) is 4.83. The molecule has 0 radical (unpaired) electrons. The smallest absolute Gasteiger partial charge is 0.264 e. The van der Waals surface area contributed by atoms with Gasteiger partial charge in [-0.05, 0) is 17.9 Å². The summed E-state index contributed by atoms with van der Waals surface area (Å²) in [4.78, 5) is 4.74. The van der Waals surface area contributed by atoms with Gasteiger partial charge in [0.1, 0.15) is 12.0 Å². The summed E-state index contributed by atoms with van der Waals surface area (Å²) in [7, 11) is 0. The minimum absolute atomic E-state index is 0.522. The Labute approximate surface area is 104 Å². The number of hydrogen-bond donors (Lipinski definition) is 0. The third kappa shape index (κ3) is 2.73. The lowest BCUT2D eigenvalue weighted by atomic mass is 10.0. The molecule has 0 saturated heterocycles. The second-order valence-corrected chi connectivity index (χ2v) is 4.96. The molecule has 16 heavy (non-hydrogen) atoms. The fourth-order valence-corrected chi connectivity index (χ4v) is 1.95. The van der Waals surface area contributed by atoms with E-state index in [-0.39, 0.29) is 0 Å². The fraction of sp³-hybridized carbons (Fsp3) is 0.308. The van der Waals surface area contributed by atoms with Crippen molar-refractivity contribution in [1.82, 2.24) is 4.98 Å². The van der Waals surface area contributed by atoms with E-state index in [1.54, 1.807) is 6.26 Å². The van der Waals surface area contributed by atoms with Crippen molar-refractivity contribution in [2.45, 2.75) is 20.3 Å². The zero-order chi connectivity index (χ0) is 11.5. The molecule has 84 valence electrons. The number of halogens is 1. The first-order chi connectivity index (χ1) is 7.65. The van der Waals surface area contributed by atoms with Gasteiger partial charge < -0.3 is 4.42 Å². The van der Waals surface area contributed by atoms with E-state index in [1.165, 1.54) is 5.56 Å². The molecule has 2 aromatic rings. The number of benzene rings is 1. The van der Waals surface area contributed by atoms with E-state index < -0.39 is 0 Å². The predicted molar refractivity (Wildman–Crippen MR) is 68.2 cm³/mol. The van der Waals surface area contributed by atoms with Crippen molar-refractivity contribution in [3.63, 3.8) is 0 Å². The zero-order valence-corrected chi connectivity index (χ0v) is 11.0. The molecule has 0 atom stereocenters. The summed E-state index contributed by atoms with van der Waals surface area (Å²) in [5, 5.41) is 0. The Kier molecular flexibility index (Phi) is 3.44. The summed E-state index contributed by atoms with van der Waals surface area (Å²) in [6.45, 7) is 4.45. The van der Waals surface area contributed by atoms with Gasteiger partial charge in [0, 0.05) is 21.5 Å². The molecule has 1 aromatic carbocycles. The quantitative estimate of drug-likeness (QED) is 0.837. The van der Waals surface area contributed by atoms with Crippen LogP contribution >= 0.6 is 15.9 Å². The highest BCUT2D eigenvalue weighted by Gasteiger charge is 2.04. The first-order valence-corrected chi connectivity index (χ1v) is 6.15. The normalized spacial score (nSPS) is 11.0. The highest BCUT2D eigenvalue weighted by atomic mass is 79.9. The molecule has 0 aliphatic rings. The monoisotopic (exact) mass is 279 g/mol. The molecule has 1 heterocycles. The van der Waals surface area contributed by atoms with Gasteiger partial charge in [0.25, 0.3) is 4.80 Å². The van der Waals surface area contributed by atoms with Gasteiger partial charge in [-0.15, -0.1) is 0 Å². The van der Waals surface area contributed by atoms with Crippen molar-refractivity contribution < 1.29 is 4.42 Å². The van der Waals surface area contributed by atoms with Crippen molar-refractivity contribution in [3.8, 4) is 11.3 Å². The Morgan fingerprint density at radius 1 is 1.25 bits per heavy atom. The zero-order valence-electron chi connectivity index (χ0n) is 9.40. The minimum atomic E-state index is 0.522. The Bertz CT molecular complexity index is 459. The van der Waals surface area contributed by atoms with Crippen LogP contribution in [0.3, 0.4) is 0 Å². The molecule has 2 rings (SSSR count). The Balaban J connectivity index is 2.19. The van der Waals surface area contributed by atoms with Crippen molar-refractivity contribution in [2.75, 3.05) is 0 Å². The molecule has 0 spiro atoms. The lowest BCUT2D eigenvalue weighted by molar-refractivity contribution is 0.529. The molecule has 0 bridgehead atoms. The Morgan fingerprint density at radius 2 is 1.94 bits per heavy atom. The van der Waals surface area contributed by atoms with Crippen LogP contribution in [-0.4, -0.2) is 4.98 Å². The maximum absolute atomic E-state index is 5.12. The predicted octanol–water partition coefficient (Wildman–Crippen LogP) is 4.30. The molecule has 1 aromatic heterocycles. The van der Waals surface area contributed by atoms with Gasteiger partial charge in [0.2, 0.25) is 0 Å². The number of oxazole rings is 1. The molecular formula is C13H14BrNO. The maximum atomic E-state index is 5.12. The average Bonchev–Trinajstić information content (AvgIpc) is 2.65. The van der Waals surface area contributed by atoms with E-state index in [0.29, 0.717) is 10.7 Å². The minimum Gasteiger partial charge on any atom is -0.439 e. The summed E-state index contributed by atoms with van der Waals surface area (Å²) in [6.07, 6.45) is 2.77. The first kappa shape index (κ1) is 11.4. The molecule has 0 amide bonds. The van der Waals surface area contributed by atoms with Gasteiger partial charge in [-0.3, -0.25) is 0 Å². The highest BCUT2D eigenvalue weighted by molar-refractivity contribution is 9.10. The van der Waals surface area contributed by atoms with Crippen LogP contribution in [0.15, 0.2) is 39.7 Å². The summed E-state index contributed by atoms with van der Waals surface area (Å²) in [5.41, 5.74) is 3.31. The van der Waals surface area contributed by atoms with E-state index in [9.17, 15) is 0 Å². The summed E-state index contributed by atoms with van der Waals surface area (Å²) >= 11 is 3.20. The fourth-order valence-electron chi connectivity index (χ4n) is 1.67. The molecular weight excluding hydrogens is 266 g/mol. The third-order valence-corrected chi connectivity index (χ3v) is 2.73. The number of rotatable bonds is 3. The van der Waals surface area contributed by atoms with E-state index in [1.807, 2.05) is 0 Å². The first-order valence-electron chi connectivity index (χ1n) is 5.35. The second-order valence-electron chi connectivity index (χ2n) is 4.28. The summed E-state index contributed by atoms with van der Waals surface area (Å²) in [5.74, 6) is 0.687. The standard InChI is InChI=1S/C13H14BrNO/c1-9(2)7-10-3-5-11(6-4-10)12-8-16-13(14)15-12/h3-6,8-9H,7H2,1-2H3. The average molecular weight is 280 g/mol. The van der Waals surface area contributed by atoms with Crippen LogP contribution in [0.25, 0.3) is 11.3 Å². The molecule has 0 fully saturated rings. The number of aromatic nitrogens is 1. The summed E-state index contributed by atoms with van der Waals surface area (Å²) < 4.78 is 5.12. The van der Waals surface area contributed by atoms with Gasteiger partial charge in [-0.25, -0.2) is 4.98 Å². The lowest BCUT2D eigenvalue weighted by Crippen LogP contribution is -1.93. The highest BCUT2D eigenvalue weighted by Crippen LogP contribution is 2.21. The van der Waals surface area contributed by atoms with Gasteiger partial charge in [-0.1, -0.05) is 38.1 Å². The van der Waals surface area contributed by atoms with Crippen LogP contribution in [0.1, 0.15) is 19.4 Å². The van der Waals surface area contributed by atoms with Crippen LogP contribution < -0.4 is 0 Å². The third-order valence-electron chi connectivity index (χ3n) is 2.37. The van der Waals surface area contributed by atoms with Crippen LogP contribution in [-0.2, 0) is 6.42 Å². The maximum Gasteiger partial charge on any atom is 0.264 e. The molecule has 0 aliphatic carbocycles. The van der Waals surface area contributed by atoms with E-state index in [2.05, 4.69) is 59.0 Å². The van der Waals surface area contributed by atoms with Crippen molar-refractivity contribution >= 4 is 15.9 Å². The van der Waals surface area contributed by atoms with Crippen LogP contribution in [0, 0.1) is 5.92 Å². The Morgan fingerprint density at radius 3 is 2.44 bits per heavy atom. The van der Waals surface area contributed by atoms with Crippen molar-refractivity contribution in [2.24, 2.45) is 5.92 Å². The molecule has 3 heteroatoms. The number of nitrogens with zero attached hydrogens (tertiary/aromatic N) is 1. The van der Waals surface area contributed by atoms with Crippen molar-refractivity contribution in [3.05, 3.63) is 40.9 Å². The SMILES string of the molecule is CC(C)Cc1ccc(-c2coc(Br)n2)cc1. The lowest BCUT2D eigenvalue weighted by Gasteiger charge is -2.05. The van der Waals surface area contributed by atoms with Gasteiger partial charge in [-0.2, -0.15) is 0 Å². The molecule has 0 saturated carbocycles. The van der Waals surface area contributed by atoms with E-state index in [0.717, 1.165) is 17.7 Å². The number of hydrogen-bond acceptors (Lipinski definition) is 2. The molecule has 0 N–H and O–H groups in total. The largest absolute Gasteiger partial charge is 0.439 e. The molecule has 2 nitrogen and oxygen atoms in total. The summed E-state index contributed by atoms with van der Waals surface area (Å²) in [6, 6.07) is 8.47. The van der Waals surface area contributed by atoms with Crippen LogP contribution in [0.2, 0.25) is 0 Å². The Hall–Kier alpha value is -1.09. The van der Waals surface area contributed by atoms with Crippen molar-refractivity contribution in [1.29, 1.82) is 0 Å². The van der Waals surface area contributed by atoms with Crippen LogP contribution in [0.5, 0.6) is 0 Å². The topological polar surface area (TPSA) is 26.0 Å². The van der Waals surface area contributed by atoms with Gasteiger partial charge in [0.05, 0.1) is 0 Å². The van der Waals surface area contributed by atoms with Crippen LogP contribution in [0.4, 0.5) is 0 Å². The van der Waals surface area contributed by atoms with Gasteiger partial charge in [0.15, 0.2) is 0 Å². The van der Waals surface area contributed by atoms with E-state index in [4.69, 9.17) is 4.42 Å². The van der Waals surface area contributed by atoms with Gasteiger partial charge >= 0.3 is 0 Å². The molecule has 0 unspecified atom stereocenters.